The maximum absolute atomic E-state index is 11.1. The van der Waals surface area contributed by atoms with Crippen LogP contribution in [0, 0.1) is 6.92 Å². The smallest absolute Gasteiger partial charge is 0.437 e. The van der Waals surface area contributed by atoms with Gasteiger partial charge in [0.25, 0.3) is 0 Å². The molecule has 0 aliphatic rings. The molecule has 6 heteroatoms. The van der Waals surface area contributed by atoms with Crippen molar-refractivity contribution in [2.75, 3.05) is 12.4 Å². The zero-order valence-electron chi connectivity index (χ0n) is 13.9. The van der Waals surface area contributed by atoms with Crippen molar-refractivity contribution in [3.05, 3.63) is 66.5 Å². The average Bonchev–Trinajstić information content (AvgIpc) is 2.63. The predicted molar refractivity (Wildman–Crippen MR) is 95.0 cm³/mol. The van der Waals surface area contributed by atoms with Crippen molar-refractivity contribution >= 4 is 17.7 Å². The summed E-state index contributed by atoms with van der Waals surface area (Å²) in [4.78, 5) is 20.0. The number of anilines is 2. The third kappa shape index (κ3) is 4.32. The van der Waals surface area contributed by atoms with Gasteiger partial charge in [-0.2, -0.15) is 0 Å². The van der Waals surface area contributed by atoms with E-state index in [1.54, 1.807) is 24.3 Å². The molecule has 0 radical (unpaired) electrons. The molecule has 3 aromatic rings. The number of ether oxygens (including phenoxy) is 2. The average molecular weight is 335 g/mol. The minimum absolute atomic E-state index is 0.404. The fraction of sp³-hybridized carbons (Fsp3) is 0.105. The number of nitrogens with zero attached hydrogens (tertiary/aromatic N) is 2. The third-order valence-electron chi connectivity index (χ3n) is 3.40. The van der Waals surface area contributed by atoms with E-state index in [4.69, 9.17) is 4.74 Å². The van der Waals surface area contributed by atoms with Gasteiger partial charge in [-0.05, 0) is 31.2 Å². The van der Waals surface area contributed by atoms with Crippen molar-refractivity contribution < 1.29 is 14.3 Å². The Morgan fingerprint density at radius 1 is 1.00 bits per heavy atom. The molecule has 1 aromatic heterocycles. The fourth-order valence-electron chi connectivity index (χ4n) is 2.28. The molecule has 0 spiro atoms. The van der Waals surface area contributed by atoms with Crippen molar-refractivity contribution in [2.45, 2.75) is 6.92 Å². The van der Waals surface area contributed by atoms with Gasteiger partial charge in [0.05, 0.1) is 12.8 Å². The molecule has 0 fully saturated rings. The van der Waals surface area contributed by atoms with Crippen LogP contribution in [0.3, 0.4) is 0 Å². The fourth-order valence-corrected chi connectivity index (χ4v) is 2.28. The first-order valence-electron chi connectivity index (χ1n) is 7.68. The van der Waals surface area contributed by atoms with Gasteiger partial charge in [-0.3, -0.25) is 0 Å². The number of rotatable bonds is 4. The Kier molecular flexibility index (Phi) is 4.89. The highest BCUT2D eigenvalue weighted by atomic mass is 16.7. The second kappa shape index (κ2) is 7.44. The zero-order valence-corrected chi connectivity index (χ0v) is 13.9. The van der Waals surface area contributed by atoms with Crippen molar-refractivity contribution in [1.82, 2.24) is 9.97 Å². The lowest BCUT2D eigenvalue weighted by Gasteiger charge is -2.09. The summed E-state index contributed by atoms with van der Waals surface area (Å²) in [5.41, 5.74) is 2.69. The van der Waals surface area contributed by atoms with Crippen LogP contribution in [0.1, 0.15) is 5.82 Å². The number of aryl methyl sites for hydroxylation is 1. The quantitative estimate of drug-likeness (QED) is 0.565. The van der Waals surface area contributed by atoms with E-state index in [9.17, 15) is 4.79 Å². The van der Waals surface area contributed by atoms with Crippen molar-refractivity contribution in [1.29, 1.82) is 0 Å². The van der Waals surface area contributed by atoms with E-state index in [0.29, 0.717) is 17.4 Å². The largest absolute Gasteiger partial charge is 0.513 e. The topological polar surface area (TPSA) is 73.3 Å². The minimum Gasteiger partial charge on any atom is -0.437 e. The SMILES string of the molecule is COC(=O)Oc1ccc(Nc2cc(-c3ccccc3)nc(C)n2)cc1. The normalized spacial score (nSPS) is 10.2. The summed E-state index contributed by atoms with van der Waals surface area (Å²) in [6, 6.07) is 18.7. The van der Waals surface area contributed by atoms with Crippen LogP contribution in [0.15, 0.2) is 60.7 Å². The Morgan fingerprint density at radius 3 is 2.40 bits per heavy atom. The van der Waals surface area contributed by atoms with Gasteiger partial charge in [0.2, 0.25) is 0 Å². The Hall–Kier alpha value is -3.41. The molecule has 0 aliphatic heterocycles. The number of carbonyl (C=O) groups excluding carboxylic acids is 1. The highest BCUT2D eigenvalue weighted by Gasteiger charge is 2.06. The molecule has 6 nitrogen and oxygen atoms in total. The number of aromatic nitrogens is 2. The first kappa shape index (κ1) is 16.4. The number of nitrogens with one attached hydrogen (secondary N) is 1. The van der Waals surface area contributed by atoms with Crippen molar-refractivity contribution in [2.24, 2.45) is 0 Å². The van der Waals surface area contributed by atoms with E-state index in [1.807, 2.05) is 43.3 Å². The molecular weight excluding hydrogens is 318 g/mol. The lowest BCUT2D eigenvalue weighted by Crippen LogP contribution is -2.07. The lowest BCUT2D eigenvalue weighted by atomic mass is 10.1. The van der Waals surface area contributed by atoms with Gasteiger partial charge < -0.3 is 14.8 Å². The number of methoxy groups -OCH3 is 1. The van der Waals surface area contributed by atoms with Crippen LogP contribution in [-0.4, -0.2) is 23.2 Å². The van der Waals surface area contributed by atoms with Crippen LogP contribution in [-0.2, 0) is 4.74 Å². The Labute approximate surface area is 145 Å². The van der Waals surface area contributed by atoms with Gasteiger partial charge in [-0.15, -0.1) is 0 Å². The first-order chi connectivity index (χ1) is 12.1. The Bertz CT molecular complexity index is 865. The summed E-state index contributed by atoms with van der Waals surface area (Å²) >= 11 is 0. The van der Waals surface area contributed by atoms with Crippen LogP contribution in [0.25, 0.3) is 11.3 Å². The van der Waals surface area contributed by atoms with E-state index in [-0.39, 0.29) is 0 Å². The second-order valence-electron chi connectivity index (χ2n) is 5.26. The van der Waals surface area contributed by atoms with Crippen molar-refractivity contribution in [3.8, 4) is 17.0 Å². The predicted octanol–water partition coefficient (Wildman–Crippen LogP) is 4.34. The van der Waals surface area contributed by atoms with E-state index in [1.165, 1.54) is 7.11 Å². The summed E-state index contributed by atoms with van der Waals surface area (Å²) in [6.07, 6.45) is -0.750. The maximum atomic E-state index is 11.1. The number of hydrogen-bond donors (Lipinski definition) is 1. The van der Waals surface area contributed by atoms with Gasteiger partial charge in [-0.25, -0.2) is 14.8 Å². The molecule has 3 rings (SSSR count). The summed E-state index contributed by atoms with van der Waals surface area (Å²) in [6.45, 7) is 1.85. The summed E-state index contributed by atoms with van der Waals surface area (Å²) in [5, 5.41) is 3.23. The van der Waals surface area contributed by atoms with Gasteiger partial charge in [0, 0.05) is 17.3 Å². The molecule has 25 heavy (non-hydrogen) atoms. The summed E-state index contributed by atoms with van der Waals surface area (Å²) in [7, 11) is 1.26. The monoisotopic (exact) mass is 335 g/mol. The van der Waals surface area contributed by atoms with E-state index >= 15 is 0 Å². The van der Waals surface area contributed by atoms with E-state index in [0.717, 1.165) is 16.9 Å². The number of hydrogen-bond acceptors (Lipinski definition) is 6. The molecule has 1 N–H and O–H groups in total. The highest BCUT2D eigenvalue weighted by Crippen LogP contribution is 2.23. The van der Waals surface area contributed by atoms with Gasteiger partial charge >= 0.3 is 6.16 Å². The standard InChI is InChI=1S/C19H17N3O3/c1-13-20-17(14-6-4-3-5-7-14)12-18(21-13)22-15-8-10-16(11-9-15)25-19(23)24-2/h3-12H,1-2H3,(H,20,21,22). The van der Waals surface area contributed by atoms with Gasteiger partial charge in [0.1, 0.15) is 17.4 Å². The van der Waals surface area contributed by atoms with E-state index in [2.05, 4.69) is 20.0 Å². The van der Waals surface area contributed by atoms with E-state index < -0.39 is 6.16 Å². The molecule has 1 heterocycles. The molecule has 0 saturated carbocycles. The second-order valence-corrected chi connectivity index (χ2v) is 5.26. The van der Waals surface area contributed by atoms with Gasteiger partial charge in [0.15, 0.2) is 0 Å². The molecular formula is C19H17N3O3. The lowest BCUT2D eigenvalue weighted by molar-refractivity contribution is 0.121. The molecule has 126 valence electrons. The molecule has 0 saturated heterocycles. The molecule has 0 aliphatic carbocycles. The summed E-state index contributed by atoms with van der Waals surface area (Å²) in [5.74, 6) is 1.77. The molecule has 0 atom stereocenters. The van der Waals surface area contributed by atoms with Crippen LogP contribution >= 0.6 is 0 Å². The Morgan fingerprint density at radius 2 is 1.72 bits per heavy atom. The third-order valence-corrected chi connectivity index (χ3v) is 3.40. The summed E-state index contributed by atoms with van der Waals surface area (Å²) < 4.78 is 9.40. The highest BCUT2D eigenvalue weighted by molar-refractivity contribution is 5.67. The zero-order chi connectivity index (χ0) is 17.6. The maximum Gasteiger partial charge on any atom is 0.513 e. The van der Waals surface area contributed by atoms with Crippen LogP contribution < -0.4 is 10.1 Å². The molecule has 2 aromatic carbocycles. The molecule has 0 amide bonds. The number of benzene rings is 2. The van der Waals surface area contributed by atoms with Gasteiger partial charge in [-0.1, -0.05) is 30.3 Å². The van der Waals surface area contributed by atoms with Crippen molar-refractivity contribution in [3.63, 3.8) is 0 Å². The molecule has 0 unspecified atom stereocenters. The molecule has 0 bridgehead atoms. The Balaban J connectivity index is 1.79. The minimum atomic E-state index is -0.750. The van der Waals surface area contributed by atoms with Crippen LogP contribution in [0.5, 0.6) is 5.75 Å². The van der Waals surface area contributed by atoms with Crippen LogP contribution in [0.4, 0.5) is 16.3 Å². The number of carbonyl (C=O) groups is 1. The first-order valence-corrected chi connectivity index (χ1v) is 7.68. The van der Waals surface area contributed by atoms with Crippen LogP contribution in [0.2, 0.25) is 0 Å².